The van der Waals surface area contributed by atoms with Crippen LogP contribution in [0, 0.1) is 0 Å². The summed E-state index contributed by atoms with van der Waals surface area (Å²) in [5, 5.41) is 14.5. The molecule has 1 unspecified atom stereocenters. The van der Waals surface area contributed by atoms with Crippen LogP contribution in [0.3, 0.4) is 0 Å². The Morgan fingerprint density at radius 2 is 2.45 bits per heavy atom. The molecule has 5 nitrogen and oxygen atoms in total. The minimum atomic E-state index is -0.906. The molecule has 0 aliphatic carbocycles. The average Bonchev–Trinajstić information content (AvgIpc) is 2.36. The number of hydrogen-bond donors (Lipinski definition) is 2. The number of rotatable bonds is 2. The van der Waals surface area contributed by atoms with Gasteiger partial charge in [0.25, 0.3) is 0 Å². The third-order valence-corrected chi connectivity index (χ3v) is 1.21. The van der Waals surface area contributed by atoms with Crippen LogP contribution < -0.4 is 0 Å². The first-order chi connectivity index (χ1) is 4.72. The molecule has 0 saturated carbocycles. The standard InChI is InChI=1S/C5H7N3O2.ClH/c1-3(5(9)10)4-6-2-7-8-4;/h2-3H,1H3,(H,9,10)(H,6,7,8);1H. The molecular weight excluding hydrogens is 170 g/mol. The van der Waals surface area contributed by atoms with Gasteiger partial charge in [0.05, 0.1) is 0 Å². The number of carboxylic acids is 1. The number of aliphatic carboxylic acids is 1. The SMILES string of the molecule is CC(C(=O)O)c1ncn[nH]1.Cl. The second-order valence-corrected chi connectivity index (χ2v) is 1.93. The number of aromatic amines is 1. The summed E-state index contributed by atoms with van der Waals surface area (Å²) >= 11 is 0. The van der Waals surface area contributed by atoms with Crippen molar-refractivity contribution in [3.63, 3.8) is 0 Å². The summed E-state index contributed by atoms with van der Waals surface area (Å²) < 4.78 is 0. The molecule has 1 aromatic rings. The monoisotopic (exact) mass is 177 g/mol. The maximum Gasteiger partial charge on any atom is 0.313 e. The van der Waals surface area contributed by atoms with Crippen LogP contribution in [0.25, 0.3) is 0 Å². The molecule has 0 radical (unpaired) electrons. The van der Waals surface area contributed by atoms with E-state index in [1.165, 1.54) is 6.33 Å². The number of nitrogens with one attached hydrogen (secondary N) is 1. The van der Waals surface area contributed by atoms with Gasteiger partial charge in [-0.05, 0) is 6.92 Å². The van der Waals surface area contributed by atoms with Gasteiger partial charge in [0, 0.05) is 0 Å². The molecule has 0 aromatic carbocycles. The lowest BCUT2D eigenvalue weighted by molar-refractivity contribution is -0.138. The molecular formula is C5H8ClN3O2. The number of carboxylic acid groups (broad SMARTS) is 1. The van der Waals surface area contributed by atoms with Crippen LogP contribution in [0.1, 0.15) is 18.7 Å². The fourth-order valence-electron chi connectivity index (χ4n) is 0.541. The van der Waals surface area contributed by atoms with Crippen LogP contribution in [0.2, 0.25) is 0 Å². The molecule has 0 aliphatic heterocycles. The first kappa shape index (κ1) is 9.90. The first-order valence-electron chi connectivity index (χ1n) is 2.80. The highest BCUT2D eigenvalue weighted by atomic mass is 35.5. The van der Waals surface area contributed by atoms with Gasteiger partial charge in [-0.15, -0.1) is 12.4 Å². The molecule has 6 heteroatoms. The van der Waals surface area contributed by atoms with Crippen LogP contribution in [0.4, 0.5) is 0 Å². The molecule has 0 saturated heterocycles. The van der Waals surface area contributed by atoms with E-state index in [1.807, 2.05) is 0 Å². The van der Waals surface area contributed by atoms with Gasteiger partial charge in [-0.1, -0.05) is 0 Å². The Bertz CT molecular complexity index is 224. The molecule has 0 bridgehead atoms. The van der Waals surface area contributed by atoms with Crippen LogP contribution in [0.5, 0.6) is 0 Å². The van der Waals surface area contributed by atoms with Crippen molar-refractivity contribution in [1.29, 1.82) is 0 Å². The Kier molecular flexibility index (Phi) is 3.53. The lowest BCUT2D eigenvalue weighted by Crippen LogP contribution is -2.08. The van der Waals surface area contributed by atoms with Crippen molar-refractivity contribution in [2.24, 2.45) is 0 Å². The number of nitrogens with zero attached hydrogens (tertiary/aromatic N) is 2. The third kappa shape index (κ3) is 2.19. The Balaban J connectivity index is 0.000001000. The number of hydrogen-bond acceptors (Lipinski definition) is 3. The number of halogens is 1. The molecule has 0 fully saturated rings. The number of carbonyl (C=O) groups is 1. The lowest BCUT2D eigenvalue weighted by Gasteiger charge is -1.97. The summed E-state index contributed by atoms with van der Waals surface area (Å²) in [6.45, 7) is 1.54. The largest absolute Gasteiger partial charge is 0.481 e. The predicted octanol–water partition coefficient (Wildman–Crippen LogP) is 0.415. The van der Waals surface area contributed by atoms with Gasteiger partial charge in [0.15, 0.2) is 0 Å². The highest BCUT2D eigenvalue weighted by Gasteiger charge is 2.15. The number of H-pyrrole nitrogens is 1. The van der Waals surface area contributed by atoms with Crippen molar-refractivity contribution < 1.29 is 9.90 Å². The fourth-order valence-corrected chi connectivity index (χ4v) is 0.541. The van der Waals surface area contributed by atoms with Crippen molar-refractivity contribution in [2.45, 2.75) is 12.8 Å². The van der Waals surface area contributed by atoms with Crippen molar-refractivity contribution >= 4 is 18.4 Å². The van der Waals surface area contributed by atoms with E-state index in [-0.39, 0.29) is 12.4 Å². The van der Waals surface area contributed by atoms with Gasteiger partial charge in [-0.25, -0.2) is 4.98 Å². The van der Waals surface area contributed by atoms with Gasteiger partial charge in [-0.3, -0.25) is 9.89 Å². The normalized spacial score (nSPS) is 11.7. The summed E-state index contributed by atoms with van der Waals surface area (Å²) in [7, 11) is 0. The molecule has 1 atom stereocenters. The first-order valence-corrected chi connectivity index (χ1v) is 2.80. The fraction of sp³-hybridized carbons (Fsp3) is 0.400. The molecule has 2 N–H and O–H groups in total. The van der Waals surface area contributed by atoms with Crippen LogP contribution in [0.15, 0.2) is 6.33 Å². The van der Waals surface area contributed by atoms with E-state index in [9.17, 15) is 4.79 Å². The summed E-state index contributed by atoms with van der Waals surface area (Å²) in [6, 6.07) is 0. The van der Waals surface area contributed by atoms with Crippen molar-refractivity contribution in [2.75, 3.05) is 0 Å². The Labute approximate surface area is 69.3 Å². The minimum Gasteiger partial charge on any atom is -0.481 e. The zero-order valence-electron chi connectivity index (χ0n) is 5.81. The molecule has 1 heterocycles. The molecule has 1 rings (SSSR count). The van der Waals surface area contributed by atoms with Crippen LogP contribution >= 0.6 is 12.4 Å². The summed E-state index contributed by atoms with van der Waals surface area (Å²) in [5.74, 6) is -1.13. The molecule has 62 valence electrons. The van der Waals surface area contributed by atoms with Crippen LogP contribution in [-0.2, 0) is 4.79 Å². The Hall–Kier alpha value is -1.10. The topological polar surface area (TPSA) is 78.9 Å². The maximum absolute atomic E-state index is 10.3. The van der Waals surface area contributed by atoms with E-state index in [0.29, 0.717) is 5.82 Å². The smallest absolute Gasteiger partial charge is 0.313 e. The zero-order chi connectivity index (χ0) is 7.56. The van der Waals surface area contributed by atoms with Crippen molar-refractivity contribution in [3.8, 4) is 0 Å². The van der Waals surface area contributed by atoms with E-state index >= 15 is 0 Å². The summed E-state index contributed by atoms with van der Waals surface area (Å²) in [5.41, 5.74) is 0. The quantitative estimate of drug-likeness (QED) is 0.686. The summed E-state index contributed by atoms with van der Waals surface area (Å²) in [4.78, 5) is 14.0. The Morgan fingerprint density at radius 1 is 1.82 bits per heavy atom. The molecule has 1 aromatic heterocycles. The lowest BCUT2D eigenvalue weighted by atomic mass is 10.2. The second kappa shape index (κ2) is 3.92. The van der Waals surface area contributed by atoms with E-state index in [4.69, 9.17) is 5.11 Å². The van der Waals surface area contributed by atoms with Crippen molar-refractivity contribution in [1.82, 2.24) is 15.2 Å². The van der Waals surface area contributed by atoms with Gasteiger partial charge in [0.1, 0.15) is 18.1 Å². The third-order valence-electron chi connectivity index (χ3n) is 1.21. The van der Waals surface area contributed by atoms with E-state index < -0.39 is 11.9 Å². The van der Waals surface area contributed by atoms with Crippen LogP contribution in [-0.4, -0.2) is 26.3 Å². The number of aromatic nitrogens is 3. The van der Waals surface area contributed by atoms with Gasteiger partial charge >= 0.3 is 5.97 Å². The van der Waals surface area contributed by atoms with E-state index in [0.717, 1.165) is 0 Å². The maximum atomic E-state index is 10.3. The van der Waals surface area contributed by atoms with E-state index in [1.54, 1.807) is 6.92 Å². The van der Waals surface area contributed by atoms with Crippen molar-refractivity contribution in [3.05, 3.63) is 12.2 Å². The summed E-state index contributed by atoms with van der Waals surface area (Å²) in [6.07, 6.45) is 1.29. The zero-order valence-corrected chi connectivity index (χ0v) is 6.63. The molecule has 11 heavy (non-hydrogen) atoms. The van der Waals surface area contributed by atoms with E-state index in [2.05, 4.69) is 15.2 Å². The highest BCUT2D eigenvalue weighted by molar-refractivity contribution is 5.85. The van der Waals surface area contributed by atoms with Gasteiger partial charge in [-0.2, -0.15) is 5.10 Å². The molecule has 0 amide bonds. The van der Waals surface area contributed by atoms with Gasteiger partial charge in [0.2, 0.25) is 0 Å². The molecule has 0 spiro atoms. The highest BCUT2D eigenvalue weighted by Crippen LogP contribution is 2.06. The molecule has 0 aliphatic rings. The minimum absolute atomic E-state index is 0. The predicted molar refractivity (Wildman–Crippen MR) is 39.7 cm³/mol. The second-order valence-electron chi connectivity index (χ2n) is 1.93. The average molecular weight is 178 g/mol. The Morgan fingerprint density at radius 3 is 2.82 bits per heavy atom. The van der Waals surface area contributed by atoms with Gasteiger partial charge < -0.3 is 5.11 Å².